The third-order valence-corrected chi connectivity index (χ3v) is 4.73. The van der Waals surface area contributed by atoms with E-state index in [-0.39, 0.29) is 32.8 Å². The summed E-state index contributed by atoms with van der Waals surface area (Å²) < 4.78 is 20.0. The molecule has 0 spiro atoms. The highest BCUT2D eigenvalue weighted by Crippen LogP contribution is 2.11. The number of esters is 4. The Labute approximate surface area is 183 Å². The Morgan fingerprint density at radius 1 is 0.774 bits per heavy atom. The molecule has 1 unspecified atom stereocenters. The van der Waals surface area contributed by atoms with Crippen molar-refractivity contribution in [3.05, 3.63) is 0 Å². The van der Waals surface area contributed by atoms with Gasteiger partial charge in [-0.15, -0.1) is 0 Å². The first-order valence-electron chi connectivity index (χ1n) is 10.9. The van der Waals surface area contributed by atoms with Gasteiger partial charge in [0.1, 0.15) is 13.3 Å². The van der Waals surface area contributed by atoms with Crippen molar-refractivity contribution in [3.8, 4) is 0 Å². The summed E-state index contributed by atoms with van der Waals surface area (Å²) >= 11 is 0. The lowest BCUT2D eigenvalue weighted by Gasteiger charge is -2.19. The summed E-state index contributed by atoms with van der Waals surface area (Å²) in [5.74, 6) is -4.24. The van der Waals surface area contributed by atoms with Gasteiger partial charge in [-0.3, -0.25) is 19.2 Å². The van der Waals surface area contributed by atoms with Gasteiger partial charge < -0.3 is 23.8 Å². The maximum Gasteiger partial charge on any atom is 0.320 e. The molecule has 11 nitrogen and oxygen atoms in total. The second-order valence-electron chi connectivity index (χ2n) is 6.95. The molecule has 0 saturated carbocycles. The highest BCUT2D eigenvalue weighted by atomic mass is 16.6. The van der Waals surface area contributed by atoms with Crippen molar-refractivity contribution in [3.63, 3.8) is 0 Å². The molecule has 0 amide bonds. The summed E-state index contributed by atoms with van der Waals surface area (Å²) in [4.78, 5) is 49.5. The molecule has 31 heavy (non-hydrogen) atoms. The largest absolute Gasteiger partial charge is 0.465 e. The van der Waals surface area contributed by atoms with E-state index in [1.54, 1.807) is 27.7 Å². The molecule has 1 heterocycles. The fraction of sp³-hybridized carbons (Fsp3) is 0.800. The number of carbonyl (C=O) groups excluding carboxylic acids is 4. The van der Waals surface area contributed by atoms with Gasteiger partial charge in [0.2, 0.25) is 0 Å². The van der Waals surface area contributed by atoms with Gasteiger partial charge in [0.05, 0.1) is 33.0 Å². The molecule has 1 atom stereocenters. The van der Waals surface area contributed by atoms with Gasteiger partial charge in [-0.1, -0.05) is 0 Å². The standard InChI is InChI=1S/C20H35N3O8/c1-5-28-17(24)15(18(25)29-6-2)9-11-22-13-21-23(14-22)12-10-16(19(26)30-7-3)20(27)31-8-4/h15-16,21H,5-14H2,1-4H3/p+1. The predicted molar refractivity (Wildman–Crippen MR) is 108 cm³/mol. The first kappa shape index (κ1) is 26.8. The van der Waals surface area contributed by atoms with Gasteiger partial charge in [-0.05, 0) is 34.1 Å². The van der Waals surface area contributed by atoms with Crippen molar-refractivity contribution in [2.45, 2.75) is 40.5 Å². The molecule has 1 rings (SSSR count). The molecule has 1 saturated heterocycles. The van der Waals surface area contributed by atoms with E-state index in [1.807, 2.05) is 5.01 Å². The van der Waals surface area contributed by atoms with E-state index in [0.29, 0.717) is 32.8 Å². The second kappa shape index (κ2) is 14.7. The zero-order valence-electron chi connectivity index (χ0n) is 18.9. The fourth-order valence-electron chi connectivity index (χ4n) is 3.20. The van der Waals surface area contributed by atoms with Crippen molar-refractivity contribution in [2.75, 3.05) is 52.9 Å². The molecule has 178 valence electrons. The van der Waals surface area contributed by atoms with Crippen LogP contribution in [0, 0.1) is 11.8 Å². The summed E-state index contributed by atoms with van der Waals surface area (Å²) in [6, 6.07) is 0. The summed E-state index contributed by atoms with van der Waals surface area (Å²) in [6.45, 7) is 9.67. The van der Waals surface area contributed by atoms with Crippen molar-refractivity contribution in [1.82, 2.24) is 10.4 Å². The van der Waals surface area contributed by atoms with Crippen LogP contribution in [-0.4, -0.2) is 81.7 Å². The van der Waals surface area contributed by atoms with E-state index in [2.05, 4.69) is 5.43 Å². The smallest absolute Gasteiger partial charge is 0.320 e. The lowest BCUT2D eigenvalue weighted by atomic mass is 10.1. The minimum absolute atomic E-state index is 0.191. The van der Waals surface area contributed by atoms with Gasteiger partial charge in [0.25, 0.3) is 0 Å². The van der Waals surface area contributed by atoms with Gasteiger partial charge in [0, 0.05) is 13.0 Å². The van der Waals surface area contributed by atoms with Crippen molar-refractivity contribution in [2.24, 2.45) is 11.8 Å². The van der Waals surface area contributed by atoms with Gasteiger partial charge in [0.15, 0.2) is 11.8 Å². The molecule has 0 aromatic carbocycles. The molecule has 2 N–H and O–H groups in total. The topological polar surface area (TPSA) is 125 Å². The molecule has 11 heteroatoms. The Hall–Kier alpha value is -2.24. The number of rotatable bonds is 14. The van der Waals surface area contributed by atoms with Gasteiger partial charge in [-0.2, -0.15) is 5.01 Å². The molecule has 1 aliphatic rings. The van der Waals surface area contributed by atoms with Crippen LogP contribution in [-0.2, 0) is 38.1 Å². The van der Waals surface area contributed by atoms with E-state index < -0.39 is 35.7 Å². The maximum atomic E-state index is 12.1. The van der Waals surface area contributed by atoms with Crippen LogP contribution < -0.4 is 10.3 Å². The number of hydrazine groups is 1. The Kier molecular flexibility index (Phi) is 12.7. The van der Waals surface area contributed by atoms with Gasteiger partial charge in [-0.25, -0.2) is 5.43 Å². The Morgan fingerprint density at radius 3 is 1.61 bits per heavy atom. The normalized spacial score (nSPS) is 16.4. The van der Waals surface area contributed by atoms with Crippen LogP contribution >= 0.6 is 0 Å². The number of hydrogen-bond acceptors (Lipinski definition) is 10. The Bertz CT molecular complexity index is 515. The van der Waals surface area contributed by atoms with Crippen LogP contribution in [0.2, 0.25) is 0 Å². The van der Waals surface area contributed by atoms with Gasteiger partial charge >= 0.3 is 23.9 Å². The fourth-order valence-corrected chi connectivity index (χ4v) is 3.20. The third-order valence-electron chi connectivity index (χ3n) is 4.73. The highest BCUT2D eigenvalue weighted by molar-refractivity contribution is 5.95. The van der Waals surface area contributed by atoms with Crippen LogP contribution in [0.1, 0.15) is 40.5 Å². The quantitative estimate of drug-likeness (QED) is 0.192. The van der Waals surface area contributed by atoms with E-state index in [0.717, 1.165) is 4.90 Å². The van der Waals surface area contributed by atoms with Crippen molar-refractivity contribution in [1.29, 1.82) is 0 Å². The minimum atomic E-state index is -0.970. The van der Waals surface area contributed by atoms with Crippen LogP contribution in [0.15, 0.2) is 0 Å². The predicted octanol–water partition coefficient (Wildman–Crippen LogP) is -1.13. The highest BCUT2D eigenvalue weighted by Gasteiger charge is 2.34. The van der Waals surface area contributed by atoms with Crippen LogP contribution in [0.3, 0.4) is 0 Å². The lowest BCUT2D eigenvalue weighted by molar-refractivity contribution is -0.893. The third kappa shape index (κ3) is 9.19. The first-order chi connectivity index (χ1) is 14.9. The number of quaternary nitrogens is 1. The zero-order valence-corrected chi connectivity index (χ0v) is 18.9. The summed E-state index contributed by atoms with van der Waals surface area (Å²) in [5.41, 5.74) is 3.20. The average molecular weight is 447 g/mol. The van der Waals surface area contributed by atoms with E-state index >= 15 is 0 Å². The number of carbonyl (C=O) groups is 4. The second-order valence-corrected chi connectivity index (χ2v) is 6.95. The van der Waals surface area contributed by atoms with E-state index in [4.69, 9.17) is 18.9 Å². The molecular weight excluding hydrogens is 410 g/mol. The first-order valence-corrected chi connectivity index (χ1v) is 10.9. The van der Waals surface area contributed by atoms with E-state index in [9.17, 15) is 19.2 Å². The molecule has 0 radical (unpaired) electrons. The minimum Gasteiger partial charge on any atom is -0.465 e. The summed E-state index contributed by atoms with van der Waals surface area (Å²) in [5, 5.41) is 1.89. The number of hydrogen-bond donors (Lipinski definition) is 2. The number of nitrogens with one attached hydrogen (secondary N) is 2. The van der Waals surface area contributed by atoms with Crippen LogP contribution in [0.4, 0.5) is 0 Å². The summed E-state index contributed by atoms with van der Waals surface area (Å²) in [7, 11) is 0. The van der Waals surface area contributed by atoms with Crippen LogP contribution in [0.25, 0.3) is 0 Å². The maximum absolute atomic E-state index is 12.1. The molecule has 0 aliphatic carbocycles. The molecule has 0 bridgehead atoms. The zero-order chi connectivity index (χ0) is 23.2. The SMILES string of the molecule is CCOC(=O)C(CCN1C[NH+](CCC(C(=O)OCC)C(=O)OCC)CN1)C(=O)OCC. The Balaban J connectivity index is 2.55. The lowest BCUT2D eigenvalue weighted by Crippen LogP contribution is -3.11. The van der Waals surface area contributed by atoms with Crippen molar-refractivity contribution >= 4 is 23.9 Å². The number of nitrogens with zero attached hydrogens (tertiary/aromatic N) is 1. The van der Waals surface area contributed by atoms with E-state index in [1.165, 1.54) is 0 Å². The average Bonchev–Trinajstić information content (AvgIpc) is 3.17. The summed E-state index contributed by atoms with van der Waals surface area (Å²) in [6.07, 6.45) is 0.559. The monoisotopic (exact) mass is 446 g/mol. The van der Waals surface area contributed by atoms with Crippen molar-refractivity contribution < 1.29 is 43.0 Å². The molecule has 1 fully saturated rings. The molecule has 1 aliphatic heterocycles. The molecule has 0 aromatic rings. The molecule has 0 aromatic heterocycles. The Morgan fingerprint density at radius 2 is 1.19 bits per heavy atom. The van der Waals surface area contributed by atoms with Crippen LogP contribution in [0.5, 0.6) is 0 Å². The molecular formula is C20H36N3O8+. The number of ether oxygens (including phenoxy) is 4.